The highest BCUT2D eigenvalue weighted by atomic mass is 16.2. The number of rotatable bonds is 5. The molecule has 1 aliphatic heterocycles. The highest BCUT2D eigenvalue weighted by Gasteiger charge is 2.22. The zero-order valence-electron chi connectivity index (χ0n) is 15.2. The van der Waals surface area contributed by atoms with Crippen LogP contribution in [0.5, 0.6) is 0 Å². The predicted octanol–water partition coefficient (Wildman–Crippen LogP) is 2.15. The van der Waals surface area contributed by atoms with E-state index in [1.165, 1.54) is 16.2 Å². The van der Waals surface area contributed by atoms with E-state index in [9.17, 15) is 4.79 Å². The maximum Gasteiger partial charge on any atom is 0.279 e. The Hall–Kier alpha value is -2.33. The molecule has 2 N–H and O–H groups in total. The molecular weight excluding hydrogens is 310 g/mol. The van der Waals surface area contributed by atoms with Gasteiger partial charge in [-0.3, -0.25) is 4.79 Å². The third kappa shape index (κ3) is 4.83. The molecule has 1 fully saturated rings. The van der Waals surface area contributed by atoms with Gasteiger partial charge in [0.2, 0.25) is 0 Å². The van der Waals surface area contributed by atoms with Crippen LogP contribution in [-0.4, -0.2) is 38.6 Å². The molecule has 2 aromatic rings. The topological polar surface area (TPSA) is 36.8 Å². The molecule has 1 amide bonds. The van der Waals surface area contributed by atoms with Gasteiger partial charge < -0.3 is 15.1 Å². The van der Waals surface area contributed by atoms with Gasteiger partial charge in [0.15, 0.2) is 6.54 Å². The Balaban J connectivity index is 1.46. The van der Waals surface area contributed by atoms with Crippen LogP contribution in [0.4, 0.5) is 11.4 Å². The molecule has 0 aromatic heterocycles. The number of carbonyl (C=O) groups is 1. The summed E-state index contributed by atoms with van der Waals surface area (Å²) < 4.78 is 0. The zero-order valence-corrected chi connectivity index (χ0v) is 15.2. The largest absolute Gasteiger partial charge is 0.360 e. The fourth-order valence-corrected chi connectivity index (χ4v) is 3.28. The molecule has 0 saturated carbocycles. The van der Waals surface area contributed by atoms with E-state index in [1.54, 1.807) is 0 Å². The summed E-state index contributed by atoms with van der Waals surface area (Å²) in [5, 5.41) is 3.02. The standard InChI is InChI=1S/C21H27N3O/c1-17(2)18-8-10-19(11-9-18)22-21(25)16-23-12-14-24(15-13-23)20-6-4-3-5-7-20/h3-11,17H,12-16H2,1-2H3,(H,22,25)/p+1. The Labute approximate surface area is 150 Å². The average molecular weight is 338 g/mol. The van der Waals surface area contributed by atoms with Crippen LogP contribution in [0.15, 0.2) is 54.6 Å². The van der Waals surface area contributed by atoms with E-state index in [2.05, 4.69) is 60.5 Å². The molecule has 25 heavy (non-hydrogen) atoms. The molecule has 1 heterocycles. The minimum absolute atomic E-state index is 0.0976. The van der Waals surface area contributed by atoms with E-state index >= 15 is 0 Å². The molecule has 1 saturated heterocycles. The van der Waals surface area contributed by atoms with Crippen molar-refractivity contribution in [2.24, 2.45) is 0 Å². The van der Waals surface area contributed by atoms with Crippen molar-refractivity contribution < 1.29 is 9.69 Å². The van der Waals surface area contributed by atoms with Crippen LogP contribution in [0.3, 0.4) is 0 Å². The Morgan fingerprint density at radius 1 is 1.04 bits per heavy atom. The Bertz CT molecular complexity index is 674. The lowest BCUT2D eigenvalue weighted by atomic mass is 10.0. The van der Waals surface area contributed by atoms with Crippen molar-refractivity contribution in [2.75, 3.05) is 42.9 Å². The predicted molar refractivity (Wildman–Crippen MR) is 103 cm³/mol. The first kappa shape index (κ1) is 17.5. The lowest BCUT2D eigenvalue weighted by molar-refractivity contribution is -0.892. The molecule has 0 spiro atoms. The smallest absolute Gasteiger partial charge is 0.279 e. The van der Waals surface area contributed by atoms with Gasteiger partial charge in [0, 0.05) is 11.4 Å². The number of benzene rings is 2. The van der Waals surface area contributed by atoms with Crippen LogP contribution < -0.4 is 15.1 Å². The average Bonchev–Trinajstić information content (AvgIpc) is 2.63. The van der Waals surface area contributed by atoms with Gasteiger partial charge in [-0.25, -0.2) is 0 Å². The highest BCUT2D eigenvalue weighted by molar-refractivity contribution is 5.91. The van der Waals surface area contributed by atoms with Crippen molar-refractivity contribution in [3.63, 3.8) is 0 Å². The van der Waals surface area contributed by atoms with Crippen molar-refractivity contribution in [2.45, 2.75) is 19.8 Å². The minimum atomic E-state index is 0.0976. The third-order valence-corrected chi connectivity index (χ3v) is 4.86. The van der Waals surface area contributed by atoms with Crippen LogP contribution in [0.25, 0.3) is 0 Å². The van der Waals surface area contributed by atoms with Gasteiger partial charge in [0.25, 0.3) is 5.91 Å². The number of quaternary nitrogens is 1. The van der Waals surface area contributed by atoms with E-state index in [0.717, 1.165) is 31.9 Å². The van der Waals surface area contributed by atoms with Crippen LogP contribution in [0.1, 0.15) is 25.3 Å². The lowest BCUT2D eigenvalue weighted by Crippen LogP contribution is -3.15. The maximum absolute atomic E-state index is 12.3. The van der Waals surface area contributed by atoms with Crippen molar-refractivity contribution in [1.29, 1.82) is 0 Å². The number of amides is 1. The third-order valence-electron chi connectivity index (χ3n) is 4.86. The molecule has 0 aliphatic carbocycles. The second kappa shape index (κ2) is 8.17. The summed E-state index contributed by atoms with van der Waals surface area (Å²) in [6.07, 6.45) is 0. The summed E-state index contributed by atoms with van der Waals surface area (Å²) in [6, 6.07) is 18.7. The highest BCUT2D eigenvalue weighted by Crippen LogP contribution is 2.17. The van der Waals surface area contributed by atoms with E-state index in [4.69, 9.17) is 0 Å². The Kier molecular flexibility index (Phi) is 5.71. The number of anilines is 2. The van der Waals surface area contributed by atoms with Crippen LogP contribution >= 0.6 is 0 Å². The maximum atomic E-state index is 12.3. The lowest BCUT2D eigenvalue weighted by Gasteiger charge is -2.33. The van der Waals surface area contributed by atoms with Crippen molar-refractivity contribution in [3.05, 3.63) is 60.2 Å². The summed E-state index contributed by atoms with van der Waals surface area (Å²) in [5.41, 5.74) is 3.45. The fraction of sp³-hybridized carbons (Fsp3) is 0.381. The van der Waals surface area contributed by atoms with Gasteiger partial charge in [0.05, 0.1) is 26.2 Å². The van der Waals surface area contributed by atoms with Crippen LogP contribution in [0.2, 0.25) is 0 Å². The van der Waals surface area contributed by atoms with E-state index in [1.807, 2.05) is 18.2 Å². The van der Waals surface area contributed by atoms with Crippen LogP contribution in [-0.2, 0) is 4.79 Å². The van der Waals surface area contributed by atoms with E-state index in [0.29, 0.717) is 12.5 Å². The molecule has 0 unspecified atom stereocenters. The van der Waals surface area contributed by atoms with Gasteiger partial charge in [-0.05, 0) is 35.7 Å². The fourth-order valence-electron chi connectivity index (χ4n) is 3.28. The number of nitrogens with zero attached hydrogens (tertiary/aromatic N) is 1. The summed E-state index contributed by atoms with van der Waals surface area (Å²) in [4.78, 5) is 16.1. The number of nitrogens with one attached hydrogen (secondary N) is 2. The summed E-state index contributed by atoms with van der Waals surface area (Å²) in [5.74, 6) is 0.607. The van der Waals surface area contributed by atoms with Crippen molar-refractivity contribution >= 4 is 17.3 Å². The Morgan fingerprint density at radius 3 is 2.28 bits per heavy atom. The molecule has 0 radical (unpaired) electrons. The van der Waals surface area contributed by atoms with Crippen molar-refractivity contribution in [1.82, 2.24) is 0 Å². The van der Waals surface area contributed by atoms with Gasteiger partial charge in [-0.15, -0.1) is 0 Å². The monoisotopic (exact) mass is 338 g/mol. The molecule has 4 nitrogen and oxygen atoms in total. The van der Waals surface area contributed by atoms with E-state index in [-0.39, 0.29) is 5.91 Å². The van der Waals surface area contributed by atoms with Crippen molar-refractivity contribution in [3.8, 4) is 0 Å². The second-order valence-corrected chi connectivity index (χ2v) is 7.07. The quantitative estimate of drug-likeness (QED) is 0.876. The zero-order chi connectivity index (χ0) is 17.6. The summed E-state index contributed by atoms with van der Waals surface area (Å²) in [6.45, 7) is 8.86. The first-order valence-corrected chi connectivity index (χ1v) is 9.15. The first-order valence-electron chi connectivity index (χ1n) is 9.15. The molecule has 0 bridgehead atoms. The van der Waals surface area contributed by atoms with Gasteiger partial charge in [-0.2, -0.15) is 0 Å². The van der Waals surface area contributed by atoms with Gasteiger partial charge in [0.1, 0.15) is 0 Å². The number of hydrogen-bond acceptors (Lipinski definition) is 2. The molecular formula is C21H28N3O+. The Morgan fingerprint density at radius 2 is 1.68 bits per heavy atom. The number of carbonyl (C=O) groups excluding carboxylic acids is 1. The first-order chi connectivity index (χ1) is 12.1. The minimum Gasteiger partial charge on any atom is -0.360 e. The number of para-hydroxylation sites is 1. The second-order valence-electron chi connectivity index (χ2n) is 7.07. The molecule has 2 aromatic carbocycles. The van der Waals surface area contributed by atoms with Gasteiger partial charge >= 0.3 is 0 Å². The molecule has 3 rings (SSSR count). The molecule has 4 heteroatoms. The van der Waals surface area contributed by atoms with Gasteiger partial charge in [-0.1, -0.05) is 44.2 Å². The summed E-state index contributed by atoms with van der Waals surface area (Å²) in [7, 11) is 0. The number of piperazine rings is 1. The SMILES string of the molecule is CC(C)c1ccc(NC(=O)C[NH+]2CCN(c3ccccc3)CC2)cc1. The normalized spacial score (nSPS) is 15.4. The van der Waals surface area contributed by atoms with Crippen LogP contribution in [0, 0.1) is 0 Å². The molecule has 132 valence electrons. The summed E-state index contributed by atoms with van der Waals surface area (Å²) >= 11 is 0. The molecule has 0 atom stereocenters. The van der Waals surface area contributed by atoms with E-state index < -0.39 is 0 Å². The molecule has 1 aliphatic rings. The number of hydrogen-bond donors (Lipinski definition) is 2.